The Morgan fingerprint density at radius 3 is 0.0875 bits per heavy atom. The standard InChI is InChI=1S/25C2H5O.5Ta/c25*1-2-3;;;;;/h25*2H2,1H3;;;;;/q25*-1;5*+5. The Morgan fingerprint density at radius 2 is 0.0875 bits per heavy atom. The van der Waals surface area contributed by atoms with E-state index in [1.54, 1.807) is 173 Å². The third kappa shape index (κ3) is 70300. The second kappa shape index (κ2) is 693. The molecule has 30 heteroatoms. The third-order valence-electron chi connectivity index (χ3n) is 0. The van der Waals surface area contributed by atoms with E-state index >= 15 is 0 Å². The molecule has 0 N–H and O–H groups in total. The minimum atomic E-state index is 0. The van der Waals surface area contributed by atoms with Gasteiger partial charge in [0.1, 0.15) is 0 Å². The van der Waals surface area contributed by atoms with Gasteiger partial charge in [-0.25, -0.2) is 0 Å². The van der Waals surface area contributed by atoms with Crippen LogP contribution >= 0.6 is 0 Å². The minimum Gasteiger partial charge on any atom is -0.855 e. The summed E-state index contributed by atoms with van der Waals surface area (Å²) in [5.41, 5.74) is 0. The van der Waals surface area contributed by atoms with Crippen molar-refractivity contribution >= 4 is 0 Å². The van der Waals surface area contributed by atoms with E-state index in [9.17, 15) is 0 Å². The van der Waals surface area contributed by atoms with Gasteiger partial charge in [0.2, 0.25) is 0 Å². The summed E-state index contributed by atoms with van der Waals surface area (Å²) < 4.78 is 0. The molecule has 80 heavy (non-hydrogen) atoms. The fraction of sp³-hybridized carbons (Fsp3) is 1.00. The van der Waals surface area contributed by atoms with E-state index < -0.39 is 0 Å². The second-order valence-electron chi connectivity index (χ2n) is 7.22. The molecule has 0 spiro atoms. The van der Waals surface area contributed by atoms with Gasteiger partial charge in [-0.2, -0.15) is 0 Å². The molecule has 0 amide bonds. The van der Waals surface area contributed by atoms with Crippen LogP contribution in [0.1, 0.15) is 173 Å². The van der Waals surface area contributed by atoms with Crippen molar-refractivity contribution in [3.63, 3.8) is 0 Å². The summed E-state index contributed by atoms with van der Waals surface area (Å²) in [6, 6.07) is 0. The zero-order valence-electron chi connectivity index (χ0n) is 55.1. The van der Waals surface area contributed by atoms with Crippen LogP contribution in [0.2, 0.25) is 0 Å². The van der Waals surface area contributed by atoms with Crippen molar-refractivity contribution in [2.24, 2.45) is 0 Å². The van der Waals surface area contributed by atoms with Gasteiger partial charge < -0.3 is 128 Å². The van der Waals surface area contributed by atoms with Crippen LogP contribution in [0.3, 0.4) is 0 Å². The monoisotopic (exact) mass is 2030 g/mol. The topological polar surface area (TPSA) is 576 Å². The van der Waals surface area contributed by atoms with Gasteiger partial charge in [0, 0.05) is 0 Å². The van der Waals surface area contributed by atoms with Crippen molar-refractivity contribution in [2.75, 3.05) is 165 Å². The quantitative estimate of drug-likeness (QED) is 0.217. The third-order valence-corrected chi connectivity index (χ3v) is 0. The van der Waals surface area contributed by atoms with Crippen molar-refractivity contribution < 1.29 is 240 Å². The Morgan fingerprint density at radius 1 is 0.0875 bits per heavy atom. The van der Waals surface area contributed by atoms with Gasteiger partial charge in [-0.1, -0.05) is 173 Å². The number of rotatable bonds is 0. The summed E-state index contributed by atoms with van der Waals surface area (Å²) in [6.45, 7) is 39.2. The molecular weight excluding hydrogens is 1910 g/mol. The number of hydrogen-bond donors (Lipinski definition) is 0. The normalized spacial score (nSPS) is 5.62. The van der Waals surface area contributed by atoms with E-state index in [1.807, 2.05) is 0 Å². The van der Waals surface area contributed by atoms with E-state index in [0.717, 1.165) is 0 Å². The van der Waals surface area contributed by atoms with E-state index in [4.69, 9.17) is 128 Å². The smallest absolute Gasteiger partial charge is 0.855 e. The average molecular weight is 2030 g/mol. The Labute approximate surface area is 573 Å². The van der Waals surface area contributed by atoms with Crippen LogP contribution in [0.5, 0.6) is 0 Å². The molecule has 0 heterocycles. The van der Waals surface area contributed by atoms with Gasteiger partial charge >= 0.3 is 112 Å². The van der Waals surface area contributed by atoms with Crippen LogP contribution in [0.25, 0.3) is 0 Å². The molecule has 0 aliphatic heterocycles. The van der Waals surface area contributed by atoms with Crippen molar-refractivity contribution in [1.82, 2.24) is 0 Å². The first-order chi connectivity index (χ1) is 35.4. The van der Waals surface area contributed by atoms with Crippen LogP contribution < -0.4 is 128 Å². The van der Waals surface area contributed by atoms with E-state index in [1.165, 1.54) is 0 Å². The van der Waals surface area contributed by atoms with Crippen LogP contribution in [-0.2, 0) is 112 Å². The SMILES string of the molecule is CC[O-].CC[O-].CC[O-].CC[O-].CC[O-].CC[O-].CC[O-].CC[O-].CC[O-].CC[O-].CC[O-].CC[O-].CC[O-].CC[O-].CC[O-].CC[O-].CC[O-].CC[O-].CC[O-].CC[O-].CC[O-].CC[O-].CC[O-].CC[O-].CC[O-].[Ta+5].[Ta+5].[Ta+5].[Ta+5].[Ta+5]. The molecule has 0 radical (unpaired) electrons. The molecule has 0 fully saturated rings. The van der Waals surface area contributed by atoms with Gasteiger partial charge in [-0.3, -0.25) is 0 Å². The van der Waals surface area contributed by atoms with Crippen LogP contribution in [0.15, 0.2) is 0 Å². The molecule has 0 saturated heterocycles. The zero-order valence-corrected chi connectivity index (χ0v) is 71.2. The molecule has 25 nitrogen and oxygen atoms in total. The van der Waals surface area contributed by atoms with Crippen LogP contribution in [-0.4, -0.2) is 165 Å². The number of hydrogen-bond acceptors (Lipinski definition) is 25. The molecule has 0 aromatic heterocycles. The molecule has 0 atom stereocenters. The molecule has 0 aromatic carbocycles. The molecule has 0 aliphatic carbocycles. The summed E-state index contributed by atoms with van der Waals surface area (Å²) in [5, 5.41) is 223. The molecule has 0 aliphatic rings. The van der Waals surface area contributed by atoms with Crippen LogP contribution in [0, 0.1) is 0 Å². The van der Waals surface area contributed by atoms with Gasteiger partial charge in [0.15, 0.2) is 0 Å². The van der Waals surface area contributed by atoms with Crippen molar-refractivity contribution in [1.29, 1.82) is 0 Å². The summed E-state index contributed by atoms with van der Waals surface area (Å²) in [5.74, 6) is 0. The first-order valence-corrected chi connectivity index (χ1v) is 24.9. The van der Waals surface area contributed by atoms with Crippen molar-refractivity contribution in [3.05, 3.63) is 0 Å². The summed E-state index contributed by atoms with van der Waals surface area (Å²) in [6.07, 6.45) is 0. The average Bonchev–Trinajstić information content (AvgIpc) is 3.28. The van der Waals surface area contributed by atoms with Crippen molar-refractivity contribution in [2.45, 2.75) is 173 Å². The van der Waals surface area contributed by atoms with E-state index in [2.05, 4.69) is 0 Å². The zero-order chi connectivity index (χ0) is 67.7. The summed E-state index contributed by atoms with van der Waals surface area (Å²) in [4.78, 5) is 0. The van der Waals surface area contributed by atoms with Gasteiger partial charge in [-0.15, -0.1) is 165 Å². The maximum atomic E-state index is 8.93. The fourth-order valence-corrected chi connectivity index (χ4v) is 0. The molecule has 0 unspecified atom stereocenters. The maximum Gasteiger partial charge on any atom is 5.00 e. The molecule has 0 aromatic rings. The first-order valence-electron chi connectivity index (χ1n) is 24.9. The largest absolute Gasteiger partial charge is 5.00 e. The molecule has 500 valence electrons. The molecule has 0 bridgehead atoms. The predicted octanol–water partition coefficient (Wildman–Crippen LogP) is -15.8. The summed E-state index contributed by atoms with van der Waals surface area (Å²) in [7, 11) is 0. The van der Waals surface area contributed by atoms with E-state index in [0.29, 0.717) is 0 Å². The van der Waals surface area contributed by atoms with Gasteiger partial charge in [0.25, 0.3) is 0 Å². The van der Waals surface area contributed by atoms with Gasteiger partial charge in [-0.05, 0) is 0 Å². The van der Waals surface area contributed by atoms with Crippen LogP contribution in [0.4, 0.5) is 0 Å². The predicted molar refractivity (Wildman–Crippen MR) is 264 cm³/mol. The Balaban J connectivity index is -0.0000000116. The molecule has 0 rings (SSSR count). The fourth-order valence-electron chi connectivity index (χ4n) is 0. The Kier molecular flexibility index (Phi) is 1720. The second-order valence-corrected chi connectivity index (χ2v) is 7.22. The van der Waals surface area contributed by atoms with Gasteiger partial charge in [0.05, 0.1) is 0 Å². The Bertz CT molecular complexity index is 212. The minimum absolute atomic E-state index is 0. The maximum absolute atomic E-state index is 8.93. The first kappa shape index (κ1) is 199. The summed E-state index contributed by atoms with van der Waals surface area (Å²) >= 11 is 0. The van der Waals surface area contributed by atoms with E-state index in [-0.39, 0.29) is 277 Å². The molecular formula is C50H125O25Ta5. The van der Waals surface area contributed by atoms with Crippen molar-refractivity contribution in [3.8, 4) is 0 Å². The Hall–Kier alpha value is 2.70. The molecule has 0 saturated carbocycles.